The predicted octanol–water partition coefficient (Wildman–Crippen LogP) is 1.57. The van der Waals surface area contributed by atoms with Crippen LogP contribution in [0.4, 0.5) is 0 Å². The van der Waals surface area contributed by atoms with Crippen molar-refractivity contribution in [3.63, 3.8) is 0 Å². The minimum atomic E-state index is 0.0774. The third-order valence-corrected chi connectivity index (χ3v) is 3.75. The van der Waals surface area contributed by atoms with Gasteiger partial charge in [-0.1, -0.05) is 42.0 Å². The molecule has 1 heterocycles. The molecular formula is C14H21N3S. The summed E-state index contributed by atoms with van der Waals surface area (Å²) in [4.78, 5) is 5.30. The van der Waals surface area contributed by atoms with Gasteiger partial charge in [-0.15, -0.1) is 0 Å². The summed E-state index contributed by atoms with van der Waals surface area (Å²) < 4.78 is 0. The fraction of sp³-hybridized carbons (Fsp3) is 0.500. The molecule has 2 N–H and O–H groups in total. The highest BCUT2D eigenvalue weighted by molar-refractivity contribution is 7.80. The third kappa shape index (κ3) is 3.07. The van der Waals surface area contributed by atoms with E-state index in [-0.39, 0.29) is 6.04 Å². The second kappa shape index (κ2) is 5.78. The molecule has 0 saturated carbocycles. The average molecular weight is 263 g/mol. The molecule has 18 heavy (non-hydrogen) atoms. The van der Waals surface area contributed by atoms with Crippen molar-refractivity contribution < 1.29 is 0 Å². The topological polar surface area (TPSA) is 32.5 Å². The van der Waals surface area contributed by atoms with Crippen molar-refractivity contribution in [3.05, 3.63) is 35.4 Å². The summed E-state index contributed by atoms with van der Waals surface area (Å²) in [7, 11) is 2.15. The highest BCUT2D eigenvalue weighted by atomic mass is 32.1. The maximum absolute atomic E-state index is 5.96. The fourth-order valence-electron chi connectivity index (χ4n) is 2.48. The second-order valence-electron chi connectivity index (χ2n) is 5.06. The van der Waals surface area contributed by atoms with Gasteiger partial charge in [0, 0.05) is 26.2 Å². The van der Waals surface area contributed by atoms with Crippen LogP contribution in [0.15, 0.2) is 24.3 Å². The normalized spacial score (nSPS) is 19.7. The van der Waals surface area contributed by atoms with Gasteiger partial charge in [0.05, 0.1) is 11.0 Å². The van der Waals surface area contributed by atoms with Gasteiger partial charge in [0.2, 0.25) is 0 Å². The van der Waals surface area contributed by atoms with Gasteiger partial charge in [-0.25, -0.2) is 0 Å². The number of nitrogens with two attached hydrogens (primary N) is 1. The van der Waals surface area contributed by atoms with Crippen molar-refractivity contribution in [2.24, 2.45) is 5.73 Å². The molecular weight excluding hydrogens is 242 g/mol. The number of piperazine rings is 1. The van der Waals surface area contributed by atoms with Crippen LogP contribution in [0.5, 0.6) is 0 Å². The van der Waals surface area contributed by atoms with Crippen LogP contribution in [0.2, 0.25) is 0 Å². The molecule has 1 unspecified atom stereocenters. The molecule has 1 aromatic carbocycles. The van der Waals surface area contributed by atoms with E-state index in [1.54, 1.807) is 0 Å². The van der Waals surface area contributed by atoms with Crippen LogP contribution in [-0.2, 0) is 0 Å². The van der Waals surface area contributed by atoms with Gasteiger partial charge in [-0.05, 0) is 19.5 Å². The van der Waals surface area contributed by atoms with Crippen molar-refractivity contribution in [1.29, 1.82) is 0 Å². The summed E-state index contributed by atoms with van der Waals surface area (Å²) in [5, 5.41) is 0. The number of aryl methyl sites for hydroxylation is 1. The number of likely N-dealkylation sites (N-methyl/N-ethyl adjacent to an activating group) is 1. The highest BCUT2D eigenvalue weighted by Crippen LogP contribution is 2.23. The Morgan fingerprint density at radius 1 is 1.28 bits per heavy atom. The minimum absolute atomic E-state index is 0.0774. The zero-order valence-electron chi connectivity index (χ0n) is 11.1. The molecule has 3 nitrogen and oxygen atoms in total. The van der Waals surface area contributed by atoms with Gasteiger partial charge >= 0.3 is 0 Å². The molecule has 1 saturated heterocycles. The van der Waals surface area contributed by atoms with Crippen molar-refractivity contribution in [2.75, 3.05) is 33.2 Å². The summed E-state index contributed by atoms with van der Waals surface area (Å²) in [6.07, 6.45) is 0. The molecule has 1 aromatic rings. The van der Waals surface area contributed by atoms with Crippen LogP contribution in [0.1, 0.15) is 17.2 Å². The van der Waals surface area contributed by atoms with Crippen molar-refractivity contribution in [1.82, 2.24) is 9.80 Å². The van der Waals surface area contributed by atoms with E-state index in [0.29, 0.717) is 4.99 Å². The van der Waals surface area contributed by atoms with Crippen LogP contribution in [0.3, 0.4) is 0 Å². The van der Waals surface area contributed by atoms with Crippen LogP contribution in [0, 0.1) is 6.92 Å². The first-order chi connectivity index (χ1) is 8.58. The van der Waals surface area contributed by atoms with Gasteiger partial charge in [-0.2, -0.15) is 0 Å². The Kier molecular flexibility index (Phi) is 4.32. The molecule has 4 heteroatoms. The van der Waals surface area contributed by atoms with Gasteiger partial charge < -0.3 is 10.6 Å². The van der Waals surface area contributed by atoms with Crippen LogP contribution >= 0.6 is 12.2 Å². The van der Waals surface area contributed by atoms with E-state index in [2.05, 4.69) is 48.0 Å². The molecule has 0 radical (unpaired) electrons. The first-order valence-corrected chi connectivity index (χ1v) is 6.77. The van der Waals surface area contributed by atoms with E-state index in [0.717, 1.165) is 26.2 Å². The lowest BCUT2D eigenvalue weighted by atomic mass is 10.0. The zero-order valence-corrected chi connectivity index (χ0v) is 11.9. The molecule has 0 amide bonds. The third-order valence-electron chi connectivity index (χ3n) is 3.53. The molecule has 0 aromatic heterocycles. The molecule has 1 atom stereocenters. The number of benzene rings is 1. The average Bonchev–Trinajstić information content (AvgIpc) is 2.32. The van der Waals surface area contributed by atoms with E-state index < -0.39 is 0 Å². The summed E-state index contributed by atoms with van der Waals surface area (Å²) in [6, 6.07) is 8.56. The summed E-state index contributed by atoms with van der Waals surface area (Å²) in [5.74, 6) is 0. The van der Waals surface area contributed by atoms with E-state index in [1.165, 1.54) is 11.1 Å². The lowest BCUT2D eigenvalue weighted by Crippen LogP contribution is -2.48. The molecule has 0 bridgehead atoms. The van der Waals surface area contributed by atoms with Crippen LogP contribution < -0.4 is 5.73 Å². The SMILES string of the molecule is Cc1cccc(C(C(N)=S)N2CCN(C)CC2)c1. The van der Waals surface area contributed by atoms with E-state index >= 15 is 0 Å². The van der Waals surface area contributed by atoms with Crippen LogP contribution in [-0.4, -0.2) is 48.0 Å². The Balaban J connectivity index is 2.21. The Morgan fingerprint density at radius 3 is 2.50 bits per heavy atom. The van der Waals surface area contributed by atoms with Crippen molar-refractivity contribution in [2.45, 2.75) is 13.0 Å². The monoisotopic (exact) mass is 263 g/mol. The lowest BCUT2D eigenvalue weighted by Gasteiger charge is -2.37. The van der Waals surface area contributed by atoms with E-state index in [4.69, 9.17) is 18.0 Å². The zero-order chi connectivity index (χ0) is 13.1. The first-order valence-electron chi connectivity index (χ1n) is 6.36. The fourth-order valence-corrected chi connectivity index (χ4v) is 2.76. The summed E-state index contributed by atoms with van der Waals surface area (Å²) >= 11 is 5.28. The second-order valence-corrected chi connectivity index (χ2v) is 5.53. The molecule has 0 spiro atoms. The first kappa shape index (κ1) is 13.5. The summed E-state index contributed by atoms with van der Waals surface area (Å²) in [6.45, 7) is 6.29. The maximum Gasteiger partial charge on any atom is 0.0948 e. The van der Waals surface area contributed by atoms with Crippen molar-refractivity contribution >= 4 is 17.2 Å². The smallest absolute Gasteiger partial charge is 0.0948 e. The number of nitrogens with zero attached hydrogens (tertiary/aromatic N) is 2. The maximum atomic E-state index is 5.96. The lowest BCUT2D eigenvalue weighted by molar-refractivity contribution is 0.137. The Labute approximate surface area is 115 Å². The predicted molar refractivity (Wildman–Crippen MR) is 79.8 cm³/mol. The van der Waals surface area contributed by atoms with E-state index in [1.807, 2.05) is 0 Å². The molecule has 98 valence electrons. The molecule has 1 aliphatic heterocycles. The van der Waals surface area contributed by atoms with Crippen LogP contribution in [0.25, 0.3) is 0 Å². The van der Waals surface area contributed by atoms with Gasteiger partial charge in [-0.3, -0.25) is 4.90 Å². The Hall–Kier alpha value is -0.970. The highest BCUT2D eigenvalue weighted by Gasteiger charge is 2.25. The van der Waals surface area contributed by atoms with Gasteiger partial charge in [0.15, 0.2) is 0 Å². The Morgan fingerprint density at radius 2 is 1.94 bits per heavy atom. The largest absolute Gasteiger partial charge is 0.392 e. The number of rotatable bonds is 3. The molecule has 1 aliphatic rings. The quantitative estimate of drug-likeness (QED) is 0.839. The number of thiocarbonyl (C=S) groups is 1. The molecule has 0 aliphatic carbocycles. The molecule has 1 fully saturated rings. The van der Waals surface area contributed by atoms with E-state index in [9.17, 15) is 0 Å². The van der Waals surface area contributed by atoms with Crippen molar-refractivity contribution in [3.8, 4) is 0 Å². The Bertz CT molecular complexity index is 425. The number of hydrogen-bond donors (Lipinski definition) is 1. The number of hydrogen-bond acceptors (Lipinski definition) is 3. The minimum Gasteiger partial charge on any atom is -0.392 e. The van der Waals surface area contributed by atoms with Gasteiger partial charge in [0.25, 0.3) is 0 Å². The summed E-state index contributed by atoms with van der Waals surface area (Å²) in [5.41, 5.74) is 8.43. The van der Waals surface area contributed by atoms with Gasteiger partial charge in [0.1, 0.15) is 0 Å². The molecule has 2 rings (SSSR count). The standard InChI is InChI=1S/C14H21N3S/c1-11-4-3-5-12(10-11)13(14(15)18)17-8-6-16(2)7-9-17/h3-5,10,13H,6-9H2,1-2H3,(H2,15,18).